The summed E-state index contributed by atoms with van der Waals surface area (Å²) < 4.78 is 0. The van der Waals surface area contributed by atoms with Gasteiger partial charge in [0.15, 0.2) is 0 Å². The molecule has 3 N–H and O–H groups in total. The van der Waals surface area contributed by atoms with Gasteiger partial charge in [0.05, 0.1) is 5.56 Å². The Balaban J connectivity index is 2.87. The fourth-order valence-electron chi connectivity index (χ4n) is 1.19. The molecule has 0 aromatic carbocycles. The Morgan fingerprint density at radius 1 is 1.60 bits per heavy atom. The first-order valence-electron chi connectivity index (χ1n) is 4.82. The van der Waals surface area contributed by atoms with Crippen molar-refractivity contribution in [2.75, 3.05) is 11.9 Å². The van der Waals surface area contributed by atoms with Crippen LogP contribution in [-0.2, 0) is 0 Å². The van der Waals surface area contributed by atoms with Crippen molar-refractivity contribution >= 4 is 11.7 Å². The number of rotatable bonds is 5. The second kappa shape index (κ2) is 5.19. The number of nitrogens with zero attached hydrogens (tertiary/aromatic N) is 1. The topological polar surface area (TPSA) is 82.5 Å². The Bertz CT molecular complexity index is 353. The fraction of sp³-hybridized carbons (Fsp3) is 0.400. The van der Waals surface area contributed by atoms with Gasteiger partial charge >= 0.3 is 5.97 Å². The summed E-state index contributed by atoms with van der Waals surface area (Å²) in [4.78, 5) is 14.5. The highest BCUT2D eigenvalue weighted by Crippen LogP contribution is 2.24. The van der Waals surface area contributed by atoms with E-state index in [2.05, 4.69) is 10.3 Å². The second-order valence-electron chi connectivity index (χ2n) is 3.14. The highest BCUT2D eigenvalue weighted by atomic mass is 16.4. The summed E-state index contributed by atoms with van der Waals surface area (Å²) in [6.45, 7) is 2.65. The maximum Gasteiger partial charge on any atom is 0.338 e. The molecule has 5 heteroatoms. The van der Waals surface area contributed by atoms with E-state index in [1.54, 1.807) is 0 Å². The summed E-state index contributed by atoms with van der Waals surface area (Å²) in [6.07, 6.45) is 3.17. The molecule has 15 heavy (non-hydrogen) atoms. The Hall–Kier alpha value is -1.78. The molecule has 0 aliphatic heterocycles. The molecule has 0 saturated heterocycles. The van der Waals surface area contributed by atoms with E-state index in [1.807, 2.05) is 6.92 Å². The molecule has 0 atom stereocenters. The van der Waals surface area contributed by atoms with Gasteiger partial charge in [-0.2, -0.15) is 0 Å². The van der Waals surface area contributed by atoms with Crippen molar-refractivity contribution in [3.05, 3.63) is 17.8 Å². The number of carboxylic acids is 1. The number of nitrogens with one attached hydrogen (secondary N) is 1. The van der Waals surface area contributed by atoms with E-state index in [0.717, 1.165) is 12.8 Å². The third-order valence-corrected chi connectivity index (χ3v) is 1.99. The largest absolute Gasteiger partial charge is 0.492 e. The molecule has 0 unspecified atom stereocenters. The lowest BCUT2D eigenvalue weighted by Crippen LogP contribution is -2.08. The summed E-state index contributed by atoms with van der Waals surface area (Å²) in [5, 5.41) is 21.1. The summed E-state index contributed by atoms with van der Waals surface area (Å²) in [7, 11) is 0. The van der Waals surface area contributed by atoms with Crippen molar-refractivity contribution in [1.29, 1.82) is 0 Å². The molecule has 0 bridgehead atoms. The molecule has 0 fully saturated rings. The molecule has 1 aromatic rings. The molecule has 0 aliphatic carbocycles. The smallest absolute Gasteiger partial charge is 0.338 e. The van der Waals surface area contributed by atoms with E-state index in [1.165, 1.54) is 12.3 Å². The van der Waals surface area contributed by atoms with Gasteiger partial charge in [-0.15, -0.1) is 0 Å². The van der Waals surface area contributed by atoms with E-state index < -0.39 is 5.97 Å². The minimum absolute atomic E-state index is 0.0404. The molecule has 1 heterocycles. The molecule has 0 spiro atoms. The number of unbranched alkanes of at least 4 members (excludes halogenated alkanes) is 1. The first kappa shape index (κ1) is 11.3. The van der Waals surface area contributed by atoms with E-state index >= 15 is 0 Å². The first-order valence-corrected chi connectivity index (χ1v) is 4.82. The normalized spacial score (nSPS) is 9.93. The molecule has 0 radical (unpaired) electrons. The van der Waals surface area contributed by atoms with Gasteiger partial charge in [0.25, 0.3) is 0 Å². The average molecular weight is 210 g/mol. The van der Waals surface area contributed by atoms with Gasteiger partial charge in [0.2, 0.25) is 5.88 Å². The minimum Gasteiger partial charge on any atom is -0.492 e. The highest BCUT2D eigenvalue weighted by molar-refractivity contribution is 5.95. The molecule has 82 valence electrons. The Morgan fingerprint density at radius 3 is 2.93 bits per heavy atom. The SMILES string of the molecule is CCCCNc1c(C(=O)O)ccnc1O. The summed E-state index contributed by atoms with van der Waals surface area (Å²) in [5.74, 6) is -1.35. The molecule has 0 amide bonds. The lowest BCUT2D eigenvalue weighted by atomic mass is 10.2. The number of aromatic carboxylic acids is 1. The number of carboxylic acid groups (broad SMARTS) is 1. The maximum atomic E-state index is 10.8. The zero-order chi connectivity index (χ0) is 11.3. The number of hydrogen-bond donors (Lipinski definition) is 3. The van der Waals surface area contributed by atoms with E-state index in [-0.39, 0.29) is 17.1 Å². The minimum atomic E-state index is -1.08. The molecule has 1 rings (SSSR count). The highest BCUT2D eigenvalue weighted by Gasteiger charge is 2.13. The van der Waals surface area contributed by atoms with Crippen LogP contribution in [0, 0.1) is 0 Å². The molecule has 0 saturated carbocycles. The van der Waals surface area contributed by atoms with E-state index in [4.69, 9.17) is 5.11 Å². The standard InChI is InChI=1S/C10H14N2O3/c1-2-3-5-11-8-7(10(14)15)4-6-12-9(8)13/h4,6,11H,2-3,5H2,1H3,(H,12,13)(H,14,15). The monoisotopic (exact) mass is 210 g/mol. The predicted molar refractivity (Wildman–Crippen MR) is 56.3 cm³/mol. The van der Waals surface area contributed by atoms with Crippen molar-refractivity contribution in [3.8, 4) is 5.88 Å². The van der Waals surface area contributed by atoms with Crippen molar-refractivity contribution in [3.63, 3.8) is 0 Å². The first-order chi connectivity index (χ1) is 7.16. The van der Waals surface area contributed by atoms with Crippen LogP contribution in [0.2, 0.25) is 0 Å². The zero-order valence-corrected chi connectivity index (χ0v) is 8.53. The van der Waals surface area contributed by atoms with Gasteiger partial charge in [-0.05, 0) is 12.5 Å². The van der Waals surface area contributed by atoms with Crippen molar-refractivity contribution in [2.45, 2.75) is 19.8 Å². The average Bonchev–Trinajstić information content (AvgIpc) is 2.20. The van der Waals surface area contributed by atoms with Crippen LogP contribution < -0.4 is 5.32 Å². The van der Waals surface area contributed by atoms with Crippen molar-refractivity contribution < 1.29 is 15.0 Å². The number of aromatic hydroxyl groups is 1. The van der Waals surface area contributed by atoms with Crippen molar-refractivity contribution in [1.82, 2.24) is 4.98 Å². The summed E-state index contributed by atoms with van der Waals surface area (Å²) >= 11 is 0. The lowest BCUT2D eigenvalue weighted by molar-refractivity contribution is 0.0697. The Labute approximate surface area is 87.8 Å². The van der Waals surface area contributed by atoms with Gasteiger partial charge < -0.3 is 15.5 Å². The summed E-state index contributed by atoms with van der Waals surface area (Å²) in [6, 6.07) is 1.36. The van der Waals surface area contributed by atoms with Gasteiger partial charge in [-0.1, -0.05) is 13.3 Å². The quantitative estimate of drug-likeness (QED) is 0.644. The molecule has 5 nitrogen and oxygen atoms in total. The Kier molecular flexibility index (Phi) is 3.91. The number of anilines is 1. The van der Waals surface area contributed by atoms with Crippen LogP contribution in [0.3, 0.4) is 0 Å². The van der Waals surface area contributed by atoms with E-state index in [0.29, 0.717) is 6.54 Å². The fourth-order valence-corrected chi connectivity index (χ4v) is 1.19. The van der Waals surface area contributed by atoms with Crippen LogP contribution in [-0.4, -0.2) is 27.7 Å². The predicted octanol–water partition coefficient (Wildman–Crippen LogP) is 1.70. The number of pyridine rings is 1. The molecule has 0 aliphatic rings. The van der Waals surface area contributed by atoms with Crippen molar-refractivity contribution in [2.24, 2.45) is 0 Å². The van der Waals surface area contributed by atoms with Gasteiger partial charge in [-0.3, -0.25) is 0 Å². The number of aromatic nitrogens is 1. The number of carbonyl (C=O) groups is 1. The number of hydrogen-bond acceptors (Lipinski definition) is 4. The zero-order valence-electron chi connectivity index (χ0n) is 8.53. The molecule has 1 aromatic heterocycles. The van der Waals surface area contributed by atoms with Crippen LogP contribution in [0.15, 0.2) is 12.3 Å². The van der Waals surface area contributed by atoms with Crippen LogP contribution in [0.5, 0.6) is 5.88 Å². The van der Waals surface area contributed by atoms with Gasteiger partial charge in [0, 0.05) is 12.7 Å². The lowest BCUT2D eigenvalue weighted by Gasteiger charge is -2.09. The van der Waals surface area contributed by atoms with Crippen LogP contribution in [0.25, 0.3) is 0 Å². The second-order valence-corrected chi connectivity index (χ2v) is 3.14. The third-order valence-electron chi connectivity index (χ3n) is 1.99. The molecular weight excluding hydrogens is 196 g/mol. The van der Waals surface area contributed by atoms with Crippen LogP contribution >= 0.6 is 0 Å². The summed E-state index contributed by atoms with van der Waals surface area (Å²) in [5.41, 5.74) is 0.233. The van der Waals surface area contributed by atoms with Gasteiger partial charge in [0.1, 0.15) is 5.69 Å². The Morgan fingerprint density at radius 2 is 2.33 bits per heavy atom. The van der Waals surface area contributed by atoms with Gasteiger partial charge in [-0.25, -0.2) is 9.78 Å². The van der Waals surface area contributed by atoms with Crippen LogP contribution in [0.1, 0.15) is 30.1 Å². The van der Waals surface area contributed by atoms with Crippen LogP contribution in [0.4, 0.5) is 5.69 Å². The molecular formula is C10H14N2O3. The van der Waals surface area contributed by atoms with E-state index in [9.17, 15) is 9.90 Å². The maximum absolute atomic E-state index is 10.8. The third kappa shape index (κ3) is 2.83.